The summed E-state index contributed by atoms with van der Waals surface area (Å²) in [6.07, 6.45) is 8.40. The molecule has 0 unspecified atom stereocenters. The van der Waals surface area contributed by atoms with Gasteiger partial charge in [-0.3, -0.25) is 5.10 Å². The van der Waals surface area contributed by atoms with Gasteiger partial charge in [-0.25, -0.2) is 4.98 Å². The molecule has 8 heteroatoms. The molecule has 1 spiro atoms. The Hall–Kier alpha value is -2.74. The lowest BCUT2D eigenvalue weighted by Crippen LogP contribution is -2.47. The monoisotopic (exact) mass is 351 g/mol. The Kier molecular flexibility index (Phi) is 3.53. The van der Waals surface area contributed by atoms with E-state index in [1.807, 2.05) is 36.1 Å². The second-order valence-corrected chi connectivity index (χ2v) is 6.99. The van der Waals surface area contributed by atoms with Crippen LogP contribution in [0.3, 0.4) is 0 Å². The molecule has 26 heavy (non-hydrogen) atoms. The summed E-state index contributed by atoms with van der Waals surface area (Å²) in [4.78, 5) is 6.59. The number of hydrogen-bond donors (Lipinski definition) is 1. The highest BCUT2D eigenvalue weighted by atomic mass is 16.5. The quantitative estimate of drug-likeness (QED) is 0.756. The molecule has 3 aromatic rings. The molecule has 8 nitrogen and oxygen atoms in total. The van der Waals surface area contributed by atoms with Crippen LogP contribution in [0.15, 0.2) is 30.7 Å². The molecular weight excluding hydrogens is 330 g/mol. The third-order valence-corrected chi connectivity index (χ3v) is 5.52. The lowest BCUT2D eigenvalue weighted by molar-refractivity contribution is -0.0796. The molecule has 5 rings (SSSR count). The number of imidazole rings is 1. The van der Waals surface area contributed by atoms with Crippen molar-refractivity contribution in [2.24, 2.45) is 7.05 Å². The van der Waals surface area contributed by atoms with E-state index in [0.717, 1.165) is 56.3 Å². The number of H-pyrrole nitrogens is 1. The molecule has 0 aliphatic carbocycles. The summed E-state index contributed by atoms with van der Waals surface area (Å²) in [5, 5.41) is 16.2. The smallest absolute Gasteiger partial charge is 0.160 e. The van der Waals surface area contributed by atoms with Crippen LogP contribution >= 0.6 is 0 Å². The molecule has 0 amide bonds. The summed E-state index contributed by atoms with van der Waals surface area (Å²) < 4.78 is 8.15. The Bertz CT molecular complexity index is 906. The minimum absolute atomic E-state index is 0.221. The third kappa shape index (κ3) is 2.40. The first-order valence-electron chi connectivity index (χ1n) is 8.98. The maximum absolute atomic E-state index is 6.21. The highest BCUT2D eigenvalue weighted by molar-refractivity contribution is 5.52. The lowest BCUT2D eigenvalue weighted by Gasteiger charge is -2.43. The zero-order valence-electron chi connectivity index (χ0n) is 14.7. The number of aromatic nitrogens is 6. The predicted octanol–water partition coefficient (Wildman–Crippen LogP) is 1.67. The van der Waals surface area contributed by atoms with E-state index in [1.165, 1.54) is 11.3 Å². The number of piperidine rings is 1. The van der Waals surface area contributed by atoms with E-state index in [-0.39, 0.29) is 5.60 Å². The summed E-state index contributed by atoms with van der Waals surface area (Å²) in [6, 6.07) is 4.01. The molecule has 134 valence electrons. The van der Waals surface area contributed by atoms with E-state index < -0.39 is 0 Å². The first-order chi connectivity index (χ1) is 12.8. The fourth-order valence-corrected chi connectivity index (χ4v) is 4.04. The van der Waals surface area contributed by atoms with Gasteiger partial charge >= 0.3 is 0 Å². The molecule has 0 bridgehead atoms. The van der Waals surface area contributed by atoms with Gasteiger partial charge in [0.1, 0.15) is 11.3 Å². The second kappa shape index (κ2) is 5.91. The van der Waals surface area contributed by atoms with Gasteiger partial charge in [0.05, 0.1) is 18.5 Å². The highest BCUT2D eigenvalue weighted by Crippen LogP contribution is 2.40. The highest BCUT2D eigenvalue weighted by Gasteiger charge is 2.42. The zero-order chi connectivity index (χ0) is 17.6. The molecule has 0 atom stereocenters. The van der Waals surface area contributed by atoms with Crippen LogP contribution in [0, 0.1) is 0 Å². The Balaban J connectivity index is 1.33. The van der Waals surface area contributed by atoms with Crippen molar-refractivity contribution in [3.05, 3.63) is 42.0 Å². The van der Waals surface area contributed by atoms with E-state index >= 15 is 0 Å². The van der Waals surface area contributed by atoms with Gasteiger partial charge in [0.2, 0.25) is 0 Å². The SMILES string of the molecule is Cn1ccnc1-c1ccc(N2CCC3(CC2)OCCc2cn[nH]c23)nn1. The van der Waals surface area contributed by atoms with Gasteiger partial charge in [0.15, 0.2) is 11.6 Å². The van der Waals surface area contributed by atoms with Crippen LogP contribution in [-0.2, 0) is 23.8 Å². The van der Waals surface area contributed by atoms with E-state index in [0.29, 0.717) is 0 Å². The normalized spacial score (nSPS) is 18.9. The minimum Gasteiger partial charge on any atom is -0.368 e. The van der Waals surface area contributed by atoms with Crippen molar-refractivity contribution in [3.63, 3.8) is 0 Å². The summed E-state index contributed by atoms with van der Waals surface area (Å²) in [7, 11) is 1.95. The van der Waals surface area contributed by atoms with Crippen LogP contribution in [0.25, 0.3) is 11.5 Å². The van der Waals surface area contributed by atoms with E-state index in [2.05, 4.69) is 30.3 Å². The Morgan fingerprint density at radius 3 is 2.81 bits per heavy atom. The molecule has 3 aromatic heterocycles. The van der Waals surface area contributed by atoms with Gasteiger partial charge < -0.3 is 14.2 Å². The Morgan fingerprint density at radius 2 is 2.08 bits per heavy atom. The molecule has 0 aromatic carbocycles. The average molecular weight is 351 g/mol. The van der Waals surface area contributed by atoms with Gasteiger partial charge in [0, 0.05) is 32.5 Å². The van der Waals surface area contributed by atoms with Crippen molar-refractivity contribution < 1.29 is 4.74 Å². The van der Waals surface area contributed by atoms with Gasteiger partial charge in [-0.05, 0) is 37.0 Å². The molecular formula is C18H21N7O. The van der Waals surface area contributed by atoms with E-state index in [1.54, 1.807) is 6.20 Å². The fourth-order valence-electron chi connectivity index (χ4n) is 4.04. The molecule has 0 radical (unpaired) electrons. The van der Waals surface area contributed by atoms with Crippen LogP contribution in [0.4, 0.5) is 5.82 Å². The fraction of sp³-hybridized carbons (Fsp3) is 0.444. The van der Waals surface area contributed by atoms with Crippen LogP contribution < -0.4 is 4.90 Å². The number of rotatable bonds is 2. The summed E-state index contributed by atoms with van der Waals surface area (Å²) >= 11 is 0. The number of nitrogens with zero attached hydrogens (tertiary/aromatic N) is 6. The van der Waals surface area contributed by atoms with Crippen LogP contribution in [0.2, 0.25) is 0 Å². The summed E-state index contributed by atoms with van der Waals surface area (Å²) in [5.41, 5.74) is 3.02. The standard InChI is InChI=1S/C18H21N7O/c1-24-10-7-19-17(24)14-2-3-15(22-21-14)25-8-5-18(6-9-25)16-13(4-11-26-18)12-20-23-16/h2-3,7,10,12H,4-6,8-9,11H2,1H3,(H,20,23). The first kappa shape index (κ1) is 15.5. The van der Waals surface area contributed by atoms with Crippen molar-refractivity contribution in [1.82, 2.24) is 29.9 Å². The minimum atomic E-state index is -0.221. The molecule has 2 aliphatic heterocycles. The number of hydrogen-bond acceptors (Lipinski definition) is 6. The van der Waals surface area contributed by atoms with E-state index in [4.69, 9.17) is 4.74 Å². The van der Waals surface area contributed by atoms with Crippen LogP contribution in [0.1, 0.15) is 24.1 Å². The topological polar surface area (TPSA) is 84.8 Å². The maximum Gasteiger partial charge on any atom is 0.160 e. The maximum atomic E-state index is 6.21. The number of ether oxygens (including phenoxy) is 1. The van der Waals surface area contributed by atoms with Gasteiger partial charge in [-0.15, -0.1) is 10.2 Å². The van der Waals surface area contributed by atoms with Crippen molar-refractivity contribution in [3.8, 4) is 11.5 Å². The van der Waals surface area contributed by atoms with Gasteiger partial charge in [-0.2, -0.15) is 5.10 Å². The summed E-state index contributed by atoms with van der Waals surface area (Å²) in [6.45, 7) is 2.54. The molecule has 5 heterocycles. The molecule has 1 N–H and O–H groups in total. The number of aromatic amines is 1. The van der Waals surface area contributed by atoms with Gasteiger partial charge in [-0.1, -0.05) is 0 Å². The Labute approximate surface area is 151 Å². The largest absolute Gasteiger partial charge is 0.368 e. The number of nitrogens with one attached hydrogen (secondary N) is 1. The number of fused-ring (bicyclic) bond motifs is 2. The Morgan fingerprint density at radius 1 is 1.19 bits per heavy atom. The predicted molar refractivity (Wildman–Crippen MR) is 95.6 cm³/mol. The lowest BCUT2D eigenvalue weighted by atomic mass is 9.84. The van der Waals surface area contributed by atoms with Crippen LogP contribution in [-0.4, -0.2) is 49.6 Å². The van der Waals surface area contributed by atoms with Crippen molar-refractivity contribution in [2.45, 2.75) is 24.9 Å². The second-order valence-electron chi connectivity index (χ2n) is 6.99. The summed E-state index contributed by atoms with van der Waals surface area (Å²) in [5.74, 6) is 1.72. The first-order valence-corrected chi connectivity index (χ1v) is 8.98. The number of aryl methyl sites for hydroxylation is 1. The molecule has 1 saturated heterocycles. The molecule has 1 fully saturated rings. The van der Waals surface area contributed by atoms with Crippen molar-refractivity contribution >= 4 is 5.82 Å². The third-order valence-electron chi connectivity index (χ3n) is 5.52. The number of anilines is 1. The zero-order valence-corrected chi connectivity index (χ0v) is 14.7. The molecule has 2 aliphatic rings. The van der Waals surface area contributed by atoms with Crippen molar-refractivity contribution in [1.29, 1.82) is 0 Å². The molecule has 0 saturated carbocycles. The van der Waals surface area contributed by atoms with E-state index in [9.17, 15) is 0 Å². The van der Waals surface area contributed by atoms with Gasteiger partial charge in [0.25, 0.3) is 0 Å². The van der Waals surface area contributed by atoms with Crippen molar-refractivity contribution in [2.75, 3.05) is 24.6 Å². The average Bonchev–Trinajstić information content (AvgIpc) is 3.33. The van der Waals surface area contributed by atoms with Crippen LogP contribution in [0.5, 0.6) is 0 Å².